The number of nitrogens with one attached hydrogen (secondary N) is 1. The number of carbonyl (C=O) groups excluding carboxylic acids is 1. The number of hydrogen-bond acceptors (Lipinski definition) is 3. The van der Waals surface area contributed by atoms with Crippen LogP contribution in [0.2, 0.25) is 0 Å². The molecule has 0 bridgehead atoms. The minimum atomic E-state index is -0.0652. The van der Waals surface area contributed by atoms with Gasteiger partial charge in [0.15, 0.2) is 0 Å². The molecular weight excluding hydrogens is 368 g/mol. The van der Waals surface area contributed by atoms with Gasteiger partial charge in [0.25, 0.3) is 5.91 Å². The second-order valence-electron chi connectivity index (χ2n) is 6.68. The maximum Gasteiger partial charge on any atom is 0.268 e. The van der Waals surface area contributed by atoms with E-state index in [0.717, 1.165) is 21.5 Å². The Bertz CT molecular complexity index is 1080. The maximum atomic E-state index is 12.9. The molecule has 0 aliphatic rings. The van der Waals surface area contributed by atoms with Crippen molar-refractivity contribution in [3.8, 4) is 5.75 Å². The largest absolute Gasteiger partial charge is 0.492 e. The van der Waals surface area contributed by atoms with Crippen molar-refractivity contribution in [2.75, 3.05) is 6.61 Å². The first-order valence-electron chi connectivity index (χ1n) is 9.29. The summed E-state index contributed by atoms with van der Waals surface area (Å²) in [5.41, 5.74) is 4.03. The van der Waals surface area contributed by atoms with Gasteiger partial charge < -0.3 is 14.6 Å². The van der Waals surface area contributed by atoms with Crippen LogP contribution in [-0.2, 0) is 13.1 Å². The number of rotatable bonds is 7. The van der Waals surface area contributed by atoms with Crippen molar-refractivity contribution in [3.05, 3.63) is 88.9 Å². The van der Waals surface area contributed by atoms with Gasteiger partial charge in [0.1, 0.15) is 18.1 Å². The number of amides is 1. The van der Waals surface area contributed by atoms with Crippen molar-refractivity contribution in [2.45, 2.75) is 20.0 Å². The Morgan fingerprint density at radius 3 is 2.75 bits per heavy atom. The predicted octanol–water partition coefficient (Wildman–Crippen LogP) is 5.02. The van der Waals surface area contributed by atoms with Crippen molar-refractivity contribution in [1.82, 2.24) is 9.88 Å². The minimum absolute atomic E-state index is 0.0652. The standard InChI is InChI=1S/C23H22N2O2S/c1-17-6-5-7-18(14-17)16-24-23(26)21-15-22-20(10-13-28-22)25(21)11-12-27-19-8-3-2-4-9-19/h2-10,13-15H,11-12,16H2,1H3,(H,24,26). The summed E-state index contributed by atoms with van der Waals surface area (Å²) >= 11 is 1.64. The zero-order valence-electron chi connectivity index (χ0n) is 15.7. The van der Waals surface area contributed by atoms with Gasteiger partial charge in [0, 0.05) is 6.54 Å². The van der Waals surface area contributed by atoms with Gasteiger partial charge in [-0.3, -0.25) is 4.79 Å². The SMILES string of the molecule is Cc1cccc(CNC(=O)c2cc3sccc3n2CCOc2ccccc2)c1. The number of aryl methyl sites for hydroxylation is 1. The Labute approximate surface area is 168 Å². The molecule has 0 radical (unpaired) electrons. The second-order valence-corrected chi connectivity index (χ2v) is 7.63. The van der Waals surface area contributed by atoms with Gasteiger partial charge in [-0.15, -0.1) is 11.3 Å². The zero-order chi connectivity index (χ0) is 19.3. The Kier molecular flexibility index (Phi) is 5.44. The van der Waals surface area contributed by atoms with E-state index in [-0.39, 0.29) is 5.91 Å². The first-order chi connectivity index (χ1) is 13.7. The Balaban J connectivity index is 1.47. The molecule has 0 aliphatic carbocycles. The van der Waals surface area contributed by atoms with Gasteiger partial charge in [-0.05, 0) is 42.1 Å². The van der Waals surface area contributed by atoms with E-state index in [1.807, 2.05) is 58.5 Å². The molecule has 2 aromatic heterocycles. The summed E-state index contributed by atoms with van der Waals surface area (Å²) < 4.78 is 8.99. The van der Waals surface area contributed by atoms with Crippen LogP contribution < -0.4 is 10.1 Å². The summed E-state index contributed by atoms with van der Waals surface area (Å²) in [7, 11) is 0. The number of nitrogens with zero attached hydrogens (tertiary/aromatic N) is 1. The molecule has 0 unspecified atom stereocenters. The minimum Gasteiger partial charge on any atom is -0.492 e. The van der Waals surface area contributed by atoms with E-state index in [2.05, 4.69) is 30.4 Å². The van der Waals surface area contributed by atoms with Gasteiger partial charge in [0.05, 0.1) is 16.8 Å². The molecule has 0 saturated heterocycles. The van der Waals surface area contributed by atoms with Crippen LogP contribution in [0.1, 0.15) is 21.6 Å². The van der Waals surface area contributed by atoms with Crippen molar-refractivity contribution in [2.24, 2.45) is 0 Å². The molecule has 2 aromatic carbocycles. The number of para-hydroxylation sites is 1. The van der Waals surface area contributed by atoms with E-state index in [1.54, 1.807) is 11.3 Å². The molecule has 4 aromatic rings. The lowest BCUT2D eigenvalue weighted by Crippen LogP contribution is -2.26. The molecule has 0 saturated carbocycles. The maximum absolute atomic E-state index is 12.9. The zero-order valence-corrected chi connectivity index (χ0v) is 16.5. The topological polar surface area (TPSA) is 43.3 Å². The molecule has 4 rings (SSSR count). The third kappa shape index (κ3) is 4.10. The van der Waals surface area contributed by atoms with E-state index in [0.29, 0.717) is 25.4 Å². The third-order valence-electron chi connectivity index (χ3n) is 4.62. The average molecular weight is 391 g/mol. The molecular formula is C23H22N2O2S. The van der Waals surface area contributed by atoms with Crippen LogP contribution >= 0.6 is 11.3 Å². The average Bonchev–Trinajstić information content (AvgIpc) is 3.29. The van der Waals surface area contributed by atoms with Gasteiger partial charge in [-0.2, -0.15) is 0 Å². The predicted molar refractivity (Wildman–Crippen MR) is 114 cm³/mol. The number of carbonyl (C=O) groups is 1. The second kappa shape index (κ2) is 8.31. The third-order valence-corrected chi connectivity index (χ3v) is 5.47. The molecule has 142 valence electrons. The monoisotopic (exact) mass is 390 g/mol. The van der Waals surface area contributed by atoms with E-state index < -0.39 is 0 Å². The Hall–Kier alpha value is -3.05. The van der Waals surface area contributed by atoms with Gasteiger partial charge in [-0.1, -0.05) is 48.0 Å². The number of benzene rings is 2. The first-order valence-corrected chi connectivity index (χ1v) is 10.2. The van der Waals surface area contributed by atoms with E-state index in [9.17, 15) is 4.79 Å². The van der Waals surface area contributed by atoms with Gasteiger partial charge in [-0.25, -0.2) is 0 Å². The number of fused-ring (bicyclic) bond motifs is 1. The van der Waals surface area contributed by atoms with Crippen molar-refractivity contribution >= 4 is 27.5 Å². The highest BCUT2D eigenvalue weighted by atomic mass is 32.1. The molecule has 0 atom stereocenters. The van der Waals surface area contributed by atoms with Crippen LogP contribution in [0, 0.1) is 6.92 Å². The first kappa shape index (κ1) is 18.3. The molecule has 1 amide bonds. The van der Waals surface area contributed by atoms with Crippen LogP contribution in [-0.4, -0.2) is 17.1 Å². The van der Waals surface area contributed by atoms with Crippen LogP contribution in [0.4, 0.5) is 0 Å². The van der Waals surface area contributed by atoms with Crippen molar-refractivity contribution in [1.29, 1.82) is 0 Å². The van der Waals surface area contributed by atoms with E-state index in [1.165, 1.54) is 5.56 Å². The van der Waals surface area contributed by atoms with Crippen LogP contribution in [0.25, 0.3) is 10.2 Å². The lowest BCUT2D eigenvalue weighted by atomic mass is 10.1. The number of thiophene rings is 1. The molecule has 5 heteroatoms. The van der Waals surface area contributed by atoms with Gasteiger partial charge >= 0.3 is 0 Å². The Morgan fingerprint density at radius 1 is 1.07 bits per heavy atom. The van der Waals surface area contributed by atoms with E-state index in [4.69, 9.17) is 4.74 Å². The highest BCUT2D eigenvalue weighted by Gasteiger charge is 2.16. The van der Waals surface area contributed by atoms with Crippen LogP contribution in [0.15, 0.2) is 72.1 Å². The highest BCUT2D eigenvalue weighted by Crippen LogP contribution is 2.25. The Morgan fingerprint density at radius 2 is 1.93 bits per heavy atom. The van der Waals surface area contributed by atoms with Crippen LogP contribution in [0.5, 0.6) is 5.75 Å². The van der Waals surface area contributed by atoms with Crippen molar-refractivity contribution < 1.29 is 9.53 Å². The lowest BCUT2D eigenvalue weighted by Gasteiger charge is -2.12. The summed E-state index contributed by atoms with van der Waals surface area (Å²) in [6.07, 6.45) is 0. The summed E-state index contributed by atoms with van der Waals surface area (Å²) in [6, 6.07) is 21.9. The molecule has 0 spiro atoms. The molecule has 1 N–H and O–H groups in total. The summed E-state index contributed by atoms with van der Waals surface area (Å²) in [4.78, 5) is 12.9. The fourth-order valence-electron chi connectivity index (χ4n) is 3.27. The lowest BCUT2D eigenvalue weighted by molar-refractivity contribution is 0.0941. The van der Waals surface area contributed by atoms with Crippen LogP contribution in [0.3, 0.4) is 0 Å². The smallest absolute Gasteiger partial charge is 0.268 e. The highest BCUT2D eigenvalue weighted by molar-refractivity contribution is 7.17. The fourth-order valence-corrected chi connectivity index (χ4v) is 4.09. The quantitative estimate of drug-likeness (QED) is 0.481. The number of ether oxygens (including phenoxy) is 1. The summed E-state index contributed by atoms with van der Waals surface area (Å²) in [5.74, 6) is 0.770. The van der Waals surface area contributed by atoms with E-state index >= 15 is 0 Å². The number of hydrogen-bond donors (Lipinski definition) is 1. The molecule has 28 heavy (non-hydrogen) atoms. The number of aromatic nitrogens is 1. The fraction of sp³-hybridized carbons (Fsp3) is 0.174. The molecule has 4 nitrogen and oxygen atoms in total. The molecule has 0 aliphatic heterocycles. The van der Waals surface area contributed by atoms with Crippen molar-refractivity contribution in [3.63, 3.8) is 0 Å². The summed E-state index contributed by atoms with van der Waals surface area (Å²) in [6.45, 7) is 3.68. The molecule has 2 heterocycles. The normalized spacial score (nSPS) is 10.9. The summed E-state index contributed by atoms with van der Waals surface area (Å²) in [5, 5.41) is 5.10. The molecule has 0 fully saturated rings. The van der Waals surface area contributed by atoms with Gasteiger partial charge in [0.2, 0.25) is 0 Å².